The maximum atomic E-state index is 11.8. The van der Waals surface area contributed by atoms with Crippen molar-refractivity contribution in [2.45, 2.75) is 6.92 Å². The van der Waals surface area contributed by atoms with Crippen molar-refractivity contribution >= 4 is 17.8 Å². The molecular weight excluding hydrogens is 354 g/mol. The number of hydrogen-bond acceptors (Lipinski definition) is 7. The van der Waals surface area contributed by atoms with Crippen molar-refractivity contribution in [1.29, 1.82) is 0 Å². The van der Waals surface area contributed by atoms with Gasteiger partial charge in [-0.3, -0.25) is 14.9 Å². The lowest BCUT2D eigenvalue weighted by Crippen LogP contribution is -2.24. The van der Waals surface area contributed by atoms with Crippen molar-refractivity contribution in [2.24, 2.45) is 5.10 Å². The first-order valence-corrected chi connectivity index (χ1v) is 8.04. The molecule has 1 amide bonds. The van der Waals surface area contributed by atoms with Gasteiger partial charge in [0.05, 0.1) is 24.9 Å². The number of hydrogen-bond donors (Lipinski definition) is 1. The summed E-state index contributed by atoms with van der Waals surface area (Å²) in [6, 6.07) is 11.3. The number of carbonyl (C=O) groups excluding carboxylic acids is 1. The number of ether oxygens (including phenoxy) is 3. The van der Waals surface area contributed by atoms with Gasteiger partial charge < -0.3 is 14.2 Å². The number of nitro benzene ring substituents is 1. The minimum Gasteiger partial charge on any atom is -0.490 e. The van der Waals surface area contributed by atoms with Crippen LogP contribution in [0, 0.1) is 10.1 Å². The van der Waals surface area contributed by atoms with E-state index in [0.717, 1.165) is 0 Å². The van der Waals surface area contributed by atoms with Crippen LogP contribution in [0.5, 0.6) is 17.2 Å². The highest BCUT2D eigenvalue weighted by molar-refractivity contribution is 5.84. The van der Waals surface area contributed by atoms with Crippen molar-refractivity contribution in [1.82, 2.24) is 5.43 Å². The number of nitrogens with one attached hydrogen (secondary N) is 1. The summed E-state index contributed by atoms with van der Waals surface area (Å²) in [5, 5.41) is 14.8. The minimum absolute atomic E-state index is 0.141. The van der Waals surface area contributed by atoms with Crippen LogP contribution in [0.25, 0.3) is 0 Å². The number of rotatable bonds is 9. The Hall–Kier alpha value is -3.62. The molecule has 0 unspecified atom stereocenters. The molecule has 2 aromatic carbocycles. The van der Waals surface area contributed by atoms with Crippen molar-refractivity contribution in [2.75, 3.05) is 20.3 Å². The Morgan fingerprint density at radius 3 is 2.52 bits per heavy atom. The van der Waals surface area contributed by atoms with E-state index >= 15 is 0 Å². The van der Waals surface area contributed by atoms with Gasteiger partial charge in [-0.2, -0.15) is 5.10 Å². The van der Waals surface area contributed by atoms with Crippen molar-refractivity contribution in [3.05, 3.63) is 58.1 Å². The molecule has 2 aromatic rings. The van der Waals surface area contributed by atoms with E-state index < -0.39 is 10.8 Å². The van der Waals surface area contributed by atoms with Gasteiger partial charge in [-0.25, -0.2) is 5.43 Å². The second kappa shape index (κ2) is 9.76. The molecule has 0 aliphatic rings. The predicted octanol–water partition coefficient (Wildman–Crippen LogP) is 2.53. The van der Waals surface area contributed by atoms with E-state index in [9.17, 15) is 14.9 Å². The van der Waals surface area contributed by atoms with E-state index in [-0.39, 0.29) is 18.0 Å². The van der Waals surface area contributed by atoms with Gasteiger partial charge in [0, 0.05) is 11.6 Å². The Bertz CT molecular complexity index is 838. The Labute approximate surface area is 155 Å². The molecule has 0 saturated heterocycles. The molecule has 9 nitrogen and oxygen atoms in total. The van der Waals surface area contributed by atoms with Crippen LogP contribution in [0.3, 0.4) is 0 Å². The van der Waals surface area contributed by atoms with Crippen LogP contribution >= 0.6 is 0 Å². The summed E-state index contributed by atoms with van der Waals surface area (Å²) in [5.41, 5.74) is 2.54. The molecule has 0 heterocycles. The molecule has 0 aliphatic carbocycles. The van der Waals surface area contributed by atoms with Crippen LogP contribution in [0.2, 0.25) is 0 Å². The lowest BCUT2D eigenvalue weighted by molar-refractivity contribution is -0.385. The van der Waals surface area contributed by atoms with Gasteiger partial charge in [0.15, 0.2) is 23.9 Å². The molecule has 2 rings (SSSR count). The largest absolute Gasteiger partial charge is 0.490 e. The number of hydrazone groups is 1. The molecule has 27 heavy (non-hydrogen) atoms. The summed E-state index contributed by atoms with van der Waals surface area (Å²) < 4.78 is 15.7. The van der Waals surface area contributed by atoms with Gasteiger partial charge in [-0.05, 0) is 31.2 Å². The summed E-state index contributed by atoms with van der Waals surface area (Å²) in [6.45, 7) is 2.07. The Morgan fingerprint density at radius 1 is 1.19 bits per heavy atom. The lowest BCUT2D eigenvalue weighted by Gasteiger charge is -2.10. The van der Waals surface area contributed by atoms with Gasteiger partial charge in [-0.1, -0.05) is 12.1 Å². The van der Waals surface area contributed by atoms with Crippen LogP contribution in [0.15, 0.2) is 47.6 Å². The van der Waals surface area contributed by atoms with Crippen LogP contribution in [0.1, 0.15) is 12.5 Å². The summed E-state index contributed by atoms with van der Waals surface area (Å²) in [6.07, 6.45) is 1.29. The maximum absolute atomic E-state index is 11.8. The highest BCUT2D eigenvalue weighted by Crippen LogP contribution is 2.27. The van der Waals surface area contributed by atoms with Crippen LogP contribution < -0.4 is 19.6 Å². The number of benzene rings is 2. The summed E-state index contributed by atoms with van der Waals surface area (Å²) >= 11 is 0. The first kappa shape index (κ1) is 19.7. The Kier molecular flexibility index (Phi) is 7.12. The molecule has 0 atom stereocenters. The van der Waals surface area contributed by atoms with E-state index in [1.807, 2.05) is 6.92 Å². The highest BCUT2D eigenvalue weighted by Gasteiger charge is 2.14. The van der Waals surface area contributed by atoms with Gasteiger partial charge in [-0.15, -0.1) is 0 Å². The minimum atomic E-state index is -0.557. The van der Waals surface area contributed by atoms with Crippen molar-refractivity contribution in [3.63, 3.8) is 0 Å². The molecule has 0 radical (unpaired) electrons. The number of nitro groups is 1. The van der Waals surface area contributed by atoms with Crippen LogP contribution in [-0.4, -0.2) is 37.4 Å². The van der Waals surface area contributed by atoms with Crippen LogP contribution in [0.4, 0.5) is 5.69 Å². The van der Waals surface area contributed by atoms with E-state index in [2.05, 4.69) is 10.5 Å². The second-order valence-corrected chi connectivity index (χ2v) is 5.15. The topological polar surface area (TPSA) is 112 Å². The molecule has 142 valence electrons. The van der Waals surface area contributed by atoms with Crippen molar-refractivity contribution < 1.29 is 23.9 Å². The summed E-state index contributed by atoms with van der Waals surface area (Å²) in [7, 11) is 1.35. The number of para-hydroxylation sites is 2. The SMILES string of the molecule is CCOc1ccccc1OCC(=O)N/N=C/c1ccc(OC)c([N+](=O)[O-])c1. The fraction of sp³-hybridized carbons (Fsp3) is 0.222. The zero-order valence-corrected chi connectivity index (χ0v) is 14.9. The molecule has 9 heteroatoms. The number of amides is 1. The van der Waals surface area contributed by atoms with Crippen molar-refractivity contribution in [3.8, 4) is 17.2 Å². The van der Waals surface area contributed by atoms with Gasteiger partial charge in [0.2, 0.25) is 0 Å². The third-order valence-electron chi connectivity index (χ3n) is 3.31. The molecule has 0 fully saturated rings. The quantitative estimate of drug-likeness (QED) is 0.411. The third kappa shape index (κ3) is 5.70. The van der Waals surface area contributed by atoms with Crippen LogP contribution in [-0.2, 0) is 4.79 Å². The molecule has 0 bridgehead atoms. The molecule has 0 saturated carbocycles. The van der Waals surface area contributed by atoms with Gasteiger partial charge >= 0.3 is 5.69 Å². The van der Waals surface area contributed by atoms with E-state index in [1.54, 1.807) is 30.3 Å². The first-order valence-electron chi connectivity index (χ1n) is 8.04. The highest BCUT2D eigenvalue weighted by atomic mass is 16.6. The van der Waals surface area contributed by atoms with E-state index in [0.29, 0.717) is 23.7 Å². The molecule has 0 aromatic heterocycles. The summed E-state index contributed by atoms with van der Waals surface area (Å²) in [4.78, 5) is 22.3. The van der Waals surface area contributed by atoms with E-state index in [4.69, 9.17) is 14.2 Å². The lowest BCUT2D eigenvalue weighted by atomic mass is 10.2. The maximum Gasteiger partial charge on any atom is 0.311 e. The zero-order chi connectivity index (χ0) is 19.6. The fourth-order valence-corrected chi connectivity index (χ4v) is 2.13. The monoisotopic (exact) mass is 373 g/mol. The summed E-state index contributed by atoms with van der Waals surface area (Å²) in [5.74, 6) is 0.647. The number of methoxy groups -OCH3 is 1. The molecule has 1 N–H and O–H groups in total. The average molecular weight is 373 g/mol. The predicted molar refractivity (Wildman–Crippen MR) is 98.5 cm³/mol. The molecule has 0 aliphatic heterocycles. The molecule has 0 spiro atoms. The first-order chi connectivity index (χ1) is 13.0. The standard InChI is InChI=1S/C18H19N3O6/c1-3-26-16-6-4-5-7-17(16)27-12-18(22)20-19-11-13-8-9-15(25-2)14(10-13)21(23)24/h4-11H,3,12H2,1-2H3,(H,20,22)/b19-11+. The van der Waals surface area contributed by atoms with E-state index in [1.165, 1.54) is 25.5 Å². The number of carbonyl (C=O) groups is 1. The normalized spacial score (nSPS) is 10.4. The fourth-order valence-electron chi connectivity index (χ4n) is 2.13. The van der Waals surface area contributed by atoms with Gasteiger partial charge in [0.1, 0.15) is 0 Å². The average Bonchev–Trinajstić information content (AvgIpc) is 2.67. The zero-order valence-electron chi connectivity index (χ0n) is 14.9. The second-order valence-electron chi connectivity index (χ2n) is 5.15. The van der Waals surface area contributed by atoms with Gasteiger partial charge in [0.25, 0.3) is 5.91 Å². The molecular formula is C18H19N3O6. The third-order valence-corrected chi connectivity index (χ3v) is 3.31. The number of nitrogens with zero attached hydrogens (tertiary/aromatic N) is 2. The smallest absolute Gasteiger partial charge is 0.311 e. The Balaban J connectivity index is 1.92. The Morgan fingerprint density at radius 2 is 1.89 bits per heavy atom.